The van der Waals surface area contributed by atoms with Crippen LogP contribution < -0.4 is 10.0 Å². The fourth-order valence-corrected chi connectivity index (χ4v) is 4.42. The molecule has 1 fully saturated rings. The zero-order valence-electron chi connectivity index (χ0n) is 12.2. The minimum Gasteiger partial charge on any atom is -0.314 e. The van der Waals surface area contributed by atoms with Gasteiger partial charge in [0.25, 0.3) is 0 Å². The number of hydrogen-bond donors (Lipinski definition) is 2. The summed E-state index contributed by atoms with van der Waals surface area (Å²) in [6.45, 7) is 1.20. The third-order valence-corrected chi connectivity index (χ3v) is 5.58. The molecule has 122 valence electrons. The average molecular weight is 355 g/mol. The molecule has 0 saturated carbocycles. The lowest BCUT2D eigenvalue weighted by Gasteiger charge is -2.20. The van der Waals surface area contributed by atoms with E-state index in [2.05, 4.69) is 10.0 Å². The van der Waals surface area contributed by atoms with Gasteiger partial charge in [-0.15, -0.1) is 0 Å². The summed E-state index contributed by atoms with van der Waals surface area (Å²) >= 11 is 5.75. The smallest absolute Gasteiger partial charge is 0.241 e. The Morgan fingerprint density at radius 1 is 1.13 bits per heavy atom. The molecule has 2 aromatic rings. The predicted molar refractivity (Wildman–Crippen MR) is 87.6 cm³/mol. The van der Waals surface area contributed by atoms with Crippen LogP contribution in [0.5, 0.6) is 0 Å². The predicted octanol–water partition coefficient (Wildman–Crippen LogP) is 2.51. The number of benzene rings is 2. The first-order valence-electron chi connectivity index (χ1n) is 7.20. The number of halogens is 2. The molecule has 2 atom stereocenters. The van der Waals surface area contributed by atoms with Gasteiger partial charge in [0.15, 0.2) is 0 Å². The second-order valence-corrected chi connectivity index (χ2v) is 7.66. The van der Waals surface area contributed by atoms with Crippen molar-refractivity contribution in [2.75, 3.05) is 13.1 Å². The quantitative estimate of drug-likeness (QED) is 0.887. The monoisotopic (exact) mass is 354 g/mol. The molecule has 0 bridgehead atoms. The number of hydrogen-bond acceptors (Lipinski definition) is 3. The highest BCUT2D eigenvalue weighted by Crippen LogP contribution is 2.25. The number of nitrogens with one attached hydrogen (secondary N) is 2. The van der Waals surface area contributed by atoms with Crippen molar-refractivity contribution in [3.63, 3.8) is 0 Å². The molecule has 0 radical (unpaired) electrons. The van der Waals surface area contributed by atoms with Crippen molar-refractivity contribution in [3.8, 4) is 0 Å². The Morgan fingerprint density at radius 3 is 2.57 bits per heavy atom. The van der Waals surface area contributed by atoms with Crippen molar-refractivity contribution >= 4 is 21.6 Å². The Labute approximate surface area is 139 Å². The van der Waals surface area contributed by atoms with E-state index in [1.807, 2.05) is 30.3 Å². The lowest BCUT2D eigenvalue weighted by Crippen LogP contribution is -2.39. The Hall–Kier alpha value is -1.47. The molecule has 2 aromatic carbocycles. The zero-order valence-corrected chi connectivity index (χ0v) is 13.7. The van der Waals surface area contributed by atoms with Gasteiger partial charge in [-0.1, -0.05) is 41.9 Å². The number of rotatable bonds is 4. The van der Waals surface area contributed by atoms with E-state index in [1.165, 1.54) is 6.07 Å². The highest BCUT2D eigenvalue weighted by Gasteiger charge is 2.32. The highest BCUT2D eigenvalue weighted by molar-refractivity contribution is 7.89. The standard InChI is InChI=1S/C16H16ClFN2O2S/c17-12-6-13(18)8-14(7-12)23(21,22)20-16-10-19-9-15(16)11-4-2-1-3-5-11/h1-8,15-16,19-20H,9-10H2/t15-,16+/m0/s1. The SMILES string of the molecule is O=S(=O)(N[C@@H]1CNC[C@H]1c1ccccc1)c1cc(F)cc(Cl)c1. The van der Waals surface area contributed by atoms with E-state index in [4.69, 9.17) is 11.6 Å². The van der Waals surface area contributed by atoms with Gasteiger partial charge in [0.05, 0.1) is 4.90 Å². The zero-order chi connectivity index (χ0) is 16.4. The lowest BCUT2D eigenvalue weighted by molar-refractivity contribution is 0.540. The third kappa shape index (κ3) is 3.72. The third-order valence-electron chi connectivity index (χ3n) is 3.89. The molecule has 7 heteroatoms. The second kappa shape index (κ2) is 6.57. The van der Waals surface area contributed by atoms with Crippen LogP contribution in [0.2, 0.25) is 5.02 Å². The minimum atomic E-state index is -3.84. The molecule has 1 heterocycles. The maximum Gasteiger partial charge on any atom is 0.241 e. The van der Waals surface area contributed by atoms with E-state index in [0.29, 0.717) is 13.1 Å². The molecular weight excluding hydrogens is 339 g/mol. The van der Waals surface area contributed by atoms with Crippen molar-refractivity contribution in [1.82, 2.24) is 10.0 Å². The Bertz CT molecular complexity index is 779. The van der Waals surface area contributed by atoms with Gasteiger partial charge >= 0.3 is 0 Å². The molecule has 0 aromatic heterocycles. The van der Waals surface area contributed by atoms with Crippen molar-refractivity contribution in [2.24, 2.45) is 0 Å². The molecule has 3 rings (SSSR count). The van der Waals surface area contributed by atoms with Crippen LogP contribution in [0.4, 0.5) is 4.39 Å². The molecule has 0 amide bonds. The molecule has 0 aliphatic carbocycles. The van der Waals surface area contributed by atoms with Crippen LogP contribution in [0.15, 0.2) is 53.4 Å². The van der Waals surface area contributed by atoms with Crippen LogP contribution in [-0.2, 0) is 10.0 Å². The summed E-state index contributed by atoms with van der Waals surface area (Å²) in [4.78, 5) is -0.166. The molecule has 1 aliphatic rings. The van der Waals surface area contributed by atoms with Crippen LogP contribution in [0, 0.1) is 5.82 Å². The second-order valence-electron chi connectivity index (χ2n) is 5.51. The fourth-order valence-electron chi connectivity index (χ4n) is 2.80. The maximum atomic E-state index is 13.4. The molecule has 0 unspecified atom stereocenters. The van der Waals surface area contributed by atoms with E-state index in [0.717, 1.165) is 17.7 Å². The van der Waals surface area contributed by atoms with Crippen molar-refractivity contribution in [3.05, 3.63) is 64.9 Å². The van der Waals surface area contributed by atoms with Crippen LogP contribution in [0.25, 0.3) is 0 Å². The first-order valence-corrected chi connectivity index (χ1v) is 9.06. The summed E-state index contributed by atoms with van der Waals surface area (Å²) in [7, 11) is -3.84. The van der Waals surface area contributed by atoms with E-state index >= 15 is 0 Å². The minimum absolute atomic E-state index is 0.0232. The molecule has 23 heavy (non-hydrogen) atoms. The molecule has 0 spiro atoms. The maximum absolute atomic E-state index is 13.4. The van der Waals surface area contributed by atoms with E-state index in [1.54, 1.807) is 0 Å². The summed E-state index contributed by atoms with van der Waals surface area (Å²) in [6.07, 6.45) is 0. The van der Waals surface area contributed by atoms with Crippen molar-refractivity contribution < 1.29 is 12.8 Å². The van der Waals surface area contributed by atoms with E-state index in [-0.39, 0.29) is 21.9 Å². The van der Waals surface area contributed by atoms with E-state index < -0.39 is 15.8 Å². The first kappa shape index (κ1) is 16.4. The van der Waals surface area contributed by atoms with Crippen LogP contribution in [0.1, 0.15) is 11.5 Å². The Balaban J connectivity index is 1.85. The van der Waals surface area contributed by atoms with Gasteiger partial charge in [-0.3, -0.25) is 0 Å². The normalized spacial score (nSPS) is 21.5. The van der Waals surface area contributed by atoms with E-state index in [9.17, 15) is 12.8 Å². The first-order chi connectivity index (χ1) is 11.0. The van der Waals surface area contributed by atoms with Gasteiger partial charge in [-0.05, 0) is 23.8 Å². The van der Waals surface area contributed by atoms with Crippen LogP contribution >= 0.6 is 11.6 Å². The molecule has 1 aliphatic heterocycles. The summed E-state index contributed by atoms with van der Waals surface area (Å²) < 4.78 is 41.1. The topological polar surface area (TPSA) is 58.2 Å². The molecule has 1 saturated heterocycles. The fraction of sp³-hybridized carbons (Fsp3) is 0.250. The molecule has 2 N–H and O–H groups in total. The van der Waals surface area contributed by atoms with Crippen LogP contribution in [0.3, 0.4) is 0 Å². The van der Waals surface area contributed by atoms with Gasteiger partial charge in [-0.2, -0.15) is 0 Å². The van der Waals surface area contributed by atoms with Gasteiger partial charge in [0.1, 0.15) is 5.82 Å². The summed E-state index contributed by atoms with van der Waals surface area (Å²) in [5, 5.41) is 3.24. The van der Waals surface area contributed by atoms with Crippen molar-refractivity contribution in [1.29, 1.82) is 0 Å². The van der Waals surface area contributed by atoms with Gasteiger partial charge in [-0.25, -0.2) is 17.5 Å². The average Bonchev–Trinajstić information content (AvgIpc) is 2.94. The summed E-state index contributed by atoms with van der Waals surface area (Å²) in [6, 6.07) is 12.7. The van der Waals surface area contributed by atoms with Crippen molar-refractivity contribution in [2.45, 2.75) is 16.9 Å². The molecule has 4 nitrogen and oxygen atoms in total. The summed E-state index contributed by atoms with van der Waals surface area (Å²) in [5.41, 5.74) is 1.06. The largest absolute Gasteiger partial charge is 0.314 e. The Morgan fingerprint density at radius 2 is 1.87 bits per heavy atom. The lowest BCUT2D eigenvalue weighted by atomic mass is 9.95. The van der Waals surface area contributed by atoms with Gasteiger partial charge < -0.3 is 5.32 Å². The Kier molecular flexibility index (Phi) is 4.68. The van der Waals surface area contributed by atoms with Crippen LogP contribution in [-0.4, -0.2) is 27.5 Å². The van der Waals surface area contributed by atoms with Gasteiger partial charge in [0.2, 0.25) is 10.0 Å². The number of sulfonamides is 1. The summed E-state index contributed by atoms with van der Waals surface area (Å²) in [5.74, 6) is -0.656. The van der Waals surface area contributed by atoms with Gasteiger partial charge in [0, 0.05) is 30.1 Å². The highest BCUT2D eigenvalue weighted by atomic mass is 35.5. The molecular formula is C16H16ClFN2O2S.